The van der Waals surface area contributed by atoms with Gasteiger partial charge in [0.05, 0.1) is 23.9 Å². The summed E-state index contributed by atoms with van der Waals surface area (Å²) in [5, 5.41) is 17.5. The third-order valence-corrected chi connectivity index (χ3v) is 16.1. The second-order valence-corrected chi connectivity index (χ2v) is 22.9. The summed E-state index contributed by atoms with van der Waals surface area (Å²) < 4.78 is 13.4. The summed E-state index contributed by atoms with van der Waals surface area (Å²) >= 11 is 0. The van der Waals surface area contributed by atoms with Crippen molar-refractivity contribution >= 4 is 42.7 Å². The largest absolute Gasteiger partial charge is 0.487 e. The number of H-pyrrole nitrogens is 1. The van der Waals surface area contributed by atoms with Gasteiger partial charge in [-0.2, -0.15) is 0 Å². The maximum Gasteiger partial charge on any atom is 0.407 e. The van der Waals surface area contributed by atoms with E-state index in [0.29, 0.717) is 29.2 Å². The molecule has 10 nitrogen and oxygen atoms in total. The number of carboxylic acid groups (broad SMARTS) is 1. The molecule has 61 heavy (non-hydrogen) atoms. The molecule has 0 saturated carbocycles. The van der Waals surface area contributed by atoms with Crippen LogP contribution in [0.25, 0.3) is 22.0 Å². The third kappa shape index (κ3) is 11.2. The molecule has 0 saturated heterocycles. The summed E-state index contributed by atoms with van der Waals surface area (Å²) in [7, 11) is -2.51. The number of urea groups is 1. The van der Waals surface area contributed by atoms with Crippen LogP contribution < -0.4 is 20.9 Å². The number of fused-ring (bicyclic) bond motifs is 1. The first-order chi connectivity index (χ1) is 28.9. The van der Waals surface area contributed by atoms with Crippen molar-refractivity contribution in [1.29, 1.82) is 0 Å². The zero-order chi connectivity index (χ0) is 44.0. The van der Waals surface area contributed by atoms with E-state index in [0.717, 1.165) is 33.2 Å². The quantitative estimate of drug-likeness (QED) is 0.0807. The molecule has 0 fully saturated rings. The Hall–Kier alpha value is -6.17. The molecule has 0 aliphatic carbocycles. The lowest BCUT2D eigenvalue weighted by Gasteiger charge is -2.41. The lowest BCUT2D eigenvalue weighted by molar-refractivity contribution is 0.0907. The molecule has 318 valence electrons. The Morgan fingerprint density at radius 2 is 1.44 bits per heavy atom. The Labute approximate surface area is 360 Å². The van der Waals surface area contributed by atoms with Crippen LogP contribution in [0.15, 0.2) is 138 Å². The molecular weight excluding hydrogens is 781 g/mol. The number of anilines is 2. The van der Waals surface area contributed by atoms with Crippen molar-refractivity contribution in [3.63, 3.8) is 0 Å². The zero-order valence-corrected chi connectivity index (χ0v) is 37.4. The maximum absolute atomic E-state index is 13.4. The van der Waals surface area contributed by atoms with Crippen LogP contribution in [0.2, 0.25) is 18.1 Å². The molecule has 0 spiro atoms. The summed E-state index contributed by atoms with van der Waals surface area (Å²) in [4.78, 5) is 44.0. The van der Waals surface area contributed by atoms with Crippen molar-refractivity contribution in [3.8, 4) is 16.9 Å². The number of hydrogen-bond acceptors (Lipinski definition) is 5. The van der Waals surface area contributed by atoms with Gasteiger partial charge in [-0.1, -0.05) is 139 Å². The highest BCUT2D eigenvalue weighted by Gasteiger charge is 2.41. The van der Waals surface area contributed by atoms with Crippen LogP contribution in [0, 0.1) is 5.41 Å². The molecule has 11 heteroatoms. The van der Waals surface area contributed by atoms with Crippen LogP contribution in [0.3, 0.4) is 0 Å². The van der Waals surface area contributed by atoms with E-state index in [-0.39, 0.29) is 35.0 Å². The van der Waals surface area contributed by atoms with E-state index in [1.807, 2.05) is 121 Å². The van der Waals surface area contributed by atoms with Crippen molar-refractivity contribution in [2.45, 2.75) is 78.3 Å². The number of ether oxygens (including phenoxy) is 1. The number of nitrogens with zero attached hydrogens (tertiary/aromatic N) is 1. The number of para-hydroxylation sites is 1. The zero-order valence-electron chi connectivity index (χ0n) is 36.4. The summed E-state index contributed by atoms with van der Waals surface area (Å²) in [6, 6.07) is 41.5. The minimum atomic E-state index is -2.51. The Kier molecular flexibility index (Phi) is 13.5. The summed E-state index contributed by atoms with van der Waals surface area (Å²) in [6.07, 6.45) is -1.76. The summed E-state index contributed by atoms with van der Waals surface area (Å²) in [5.41, 5.74) is 5.63. The van der Waals surface area contributed by atoms with Crippen LogP contribution >= 0.6 is 0 Å². The van der Waals surface area contributed by atoms with Crippen LogP contribution in [-0.4, -0.2) is 48.5 Å². The number of amides is 3. The fraction of sp³-hybridized carbons (Fsp3) is 0.300. The van der Waals surface area contributed by atoms with Gasteiger partial charge in [-0.3, -0.25) is 4.79 Å². The number of hydrogen-bond donors (Lipinski definition) is 4. The van der Waals surface area contributed by atoms with E-state index in [2.05, 4.69) is 70.3 Å². The van der Waals surface area contributed by atoms with E-state index < -0.39 is 26.5 Å². The summed E-state index contributed by atoms with van der Waals surface area (Å²) in [6.45, 7) is 17.5. The maximum atomic E-state index is 13.4. The van der Waals surface area contributed by atoms with Crippen LogP contribution in [0.1, 0.15) is 70.3 Å². The number of pyridine rings is 1. The average molecular weight is 839 g/mol. The first kappa shape index (κ1) is 44.4. The molecule has 6 aromatic rings. The molecule has 1 aromatic heterocycles. The summed E-state index contributed by atoms with van der Waals surface area (Å²) in [5.74, 6) is 0.236. The van der Waals surface area contributed by atoms with Crippen LogP contribution in [0.4, 0.5) is 21.0 Å². The van der Waals surface area contributed by atoms with Crippen molar-refractivity contribution in [1.82, 2.24) is 9.88 Å². The standard InChI is InChI=1S/C50H58N4O6Si/c1-49(2,3)41(36-22-17-23-37(30-36)51-47(56)52-42-25-16-15-24-38(42)35-20-13-10-14-21-35)31-54(48(57)58)32-44(60-61(7,8)50(4,5)6)39-26-28-43(46-40(39)27-29-45(55)53-46)59-33-34-18-11-9-12-19-34/h9-30,41,44H,31-33H2,1-8H3,(H,53,55)(H,57,58)(H2,51,52,56)/t41?,44-/m0/s1. The van der Waals surface area contributed by atoms with Crippen molar-refractivity contribution < 1.29 is 23.9 Å². The van der Waals surface area contributed by atoms with E-state index in [9.17, 15) is 19.5 Å². The fourth-order valence-corrected chi connectivity index (χ4v) is 8.49. The number of nitrogens with one attached hydrogen (secondary N) is 3. The molecule has 0 aliphatic rings. The Morgan fingerprint density at radius 3 is 2.11 bits per heavy atom. The molecule has 0 radical (unpaired) electrons. The molecule has 6 rings (SSSR count). The highest BCUT2D eigenvalue weighted by molar-refractivity contribution is 6.74. The molecule has 0 aliphatic heterocycles. The molecule has 1 unspecified atom stereocenters. The van der Waals surface area contributed by atoms with Gasteiger partial charge in [-0.25, -0.2) is 9.59 Å². The van der Waals surface area contributed by atoms with Gasteiger partial charge >= 0.3 is 12.1 Å². The normalized spacial score (nSPS) is 13.0. The van der Waals surface area contributed by atoms with Gasteiger partial charge < -0.3 is 34.8 Å². The number of rotatable bonds is 14. The SMILES string of the molecule is CC(C)(C)C(CN(C[C@H](O[Si](C)(C)C(C)(C)C)c1ccc(OCc2ccccc2)c2[nH]c(=O)ccc12)C(=O)O)c1cccc(NC(=O)Nc2ccccc2-c2ccccc2)c1. The van der Waals surface area contributed by atoms with Gasteiger partial charge in [0.15, 0.2) is 8.32 Å². The predicted molar refractivity (Wildman–Crippen MR) is 249 cm³/mol. The van der Waals surface area contributed by atoms with Crippen LogP contribution in [0.5, 0.6) is 5.75 Å². The molecule has 5 aromatic carbocycles. The Morgan fingerprint density at radius 1 is 0.770 bits per heavy atom. The molecule has 4 N–H and O–H groups in total. The second-order valence-electron chi connectivity index (χ2n) is 18.1. The van der Waals surface area contributed by atoms with Crippen molar-refractivity contribution in [2.24, 2.45) is 5.41 Å². The van der Waals surface area contributed by atoms with Gasteiger partial charge in [0.1, 0.15) is 12.4 Å². The Balaban J connectivity index is 1.30. The Bertz CT molecular complexity index is 2510. The number of carbonyl (C=O) groups excluding carboxylic acids is 1. The van der Waals surface area contributed by atoms with E-state index in [4.69, 9.17) is 9.16 Å². The molecule has 3 amide bonds. The van der Waals surface area contributed by atoms with Gasteiger partial charge in [0.25, 0.3) is 0 Å². The highest BCUT2D eigenvalue weighted by Crippen LogP contribution is 2.43. The van der Waals surface area contributed by atoms with E-state index >= 15 is 0 Å². The van der Waals surface area contributed by atoms with E-state index in [1.165, 1.54) is 11.0 Å². The number of aromatic nitrogens is 1. The smallest absolute Gasteiger partial charge is 0.407 e. The van der Waals surface area contributed by atoms with Gasteiger partial charge in [0.2, 0.25) is 5.56 Å². The number of benzene rings is 5. The third-order valence-electron chi connectivity index (χ3n) is 11.6. The minimum absolute atomic E-state index is 0.0358. The number of carbonyl (C=O) groups is 2. The van der Waals surface area contributed by atoms with Crippen LogP contribution in [-0.2, 0) is 11.0 Å². The predicted octanol–water partition coefficient (Wildman–Crippen LogP) is 12.3. The minimum Gasteiger partial charge on any atom is -0.487 e. The second kappa shape index (κ2) is 18.6. The topological polar surface area (TPSA) is 133 Å². The highest BCUT2D eigenvalue weighted by atomic mass is 28.4. The first-order valence-electron chi connectivity index (χ1n) is 20.7. The average Bonchev–Trinajstić information content (AvgIpc) is 3.21. The fourth-order valence-electron chi connectivity index (χ4n) is 7.23. The molecule has 0 bridgehead atoms. The van der Waals surface area contributed by atoms with E-state index in [1.54, 1.807) is 6.07 Å². The van der Waals surface area contributed by atoms with Gasteiger partial charge in [0, 0.05) is 35.2 Å². The molecule has 2 atom stereocenters. The molecule has 1 heterocycles. The first-order valence-corrected chi connectivity index (χ1v) is 23.6. The monoisotopic (exact) mass is 838 g/mol. The lowest BCUT2D eigenvalue weighted by atomic mass is 9.76. The van der Waals surface area contributed by atoms with Crippen molar-refractivity contribution in [2.75, 3.05) is 23.7 Å². The van der Waals surface area contributed by atoms with Gasteiger partial charge in [-0.05, 0) is 76.1 Å². The lowest BCUT2D eigenvalue weighted by Crippen LogP contribution is -2.46. The van der Waals surface area contributed by atoms with Gasteiger partial charge in [-0.15, -0.1) is 0 Å². The van der Waals surface area contributed by atoms with Crippen molar-refractivity contribution in [3.05, 3.63) is 161 Å². The molecular formula is C50H58N4O6Si. The number of aromatic amines is 1.